The lowest BCUT2D eigenvalue weighted by Gasteiger charge is -2.43. The molecule has 1 aromatic rings. The number of hydrogen-bond donors (Lipinski definition) is 0. The summed E-state index contributed by atoms with van der Waals surface area (Å²) < 4.78 is 0. The van der Waals surface area contributed by atoms with E-state index in [-0.39, 0.29) is 0 Å². The number of benzene rings is 1. The van der Waals surface area contributed by atoms with Gasteiger partial charge in [-0.3, -0.25) is 0 Å². The van der Waals surface area contributed by atoms with Gasteiger partial charge in [0.2, 0.25) is 0 Å². The molecule has 0 bridgehead atoms. The van der Waals surface area contributed by atoms with Crippen LogP contribution in [0.15, 0.2) is 18.2 Å². The topological polar surface area (TPSA) is 3.24 Å². The molecular weight excluding hydrogens is 310 g/mol. The quantitative estimate of drug-likeness (QED) is 0.681. The van der Waals surface area contributed by atoms with Gasteiger partial charge in [0, 0.05) is 28.6 Å². The molecule has 0 saturated carbocycles. The maximum Gasteiger partial charge on any atom is 0.0410 e. The Balaban J connectivity index is 2.34. The van der Waals surface area contributed by atoms with E-state index >= 15 is 0 Å². The first-order valence-corrected chi connectivity index (χ1v) is 8.14. The first-order chi connectivity index (χ1) is 8.52. The lowest BCUT2D eigenvalue weighted by atomic mass is 9.85. The van der Waals surface area contributed by atoms with Crippen LogP contribution in [0.25, 0.3) is 0 Å². The lowest BCUT2D eigenvalue weighted by Crippen LogP contribution is -2.46. The molecule has 1 heterocycles. The van der Waals surface area contributed by atoms with Gasteiger partial charge in [-0.05, 0) is 48.9 Å². The van der Waals surface area contributed by atoms with Crippen LogP contribution >= 0.6 is 27.5 Å². The normalized spacial score (nSPS) is 28.5. The van der Waals surface area contributed by atoms with Gasteiger partial charge in [0.1, 0.15) is 0 Å². The molecule has 100 valence electrons. The van der Waals surface area contributed by atoms with Crippen LogP contribution in [0.4, 0.5) is 5.69 Å². The second-order valence-corrected chi connectivity index (χ2v) is 6.61. The van der Waals surface area contributed by atoms with Gasteiger partial charge in [-0.15, -0.1) is 0 Å². The molecule has 1 nitrogen and oxygen atoms in total. The Morgan fingerprint density at radius 2 is 2.06 bits per heavy atom. The molecule has 1 aliphatic rings. The van der Waals surface area contributed by atoms with Crippen LogP contribution in [-0.4, -0.2) is 12.6 Å². The largest absolute Gasteiger partial charge is 0.368 e. The molecule has 0 radical (unpaired) electrons. The monoisotopic (exact) mass is 329 g/mol. The zero-order chi connectivity index (χ0) is 13.3. The van der Waals surface area contributed by atoms with Gasteiger partial charge >= 0.3 is 0 Å². The Kier molecular flexibility index (Phi) is 4.60. The number of halogens is 2. The fourth-order valence-electron chi connectivity index (χ4n) is 2.97. The molecule has 0 aliphatic carbocycles. The van der Waals surface area contributed by atoms with E-state index in [9.17, 15) is 0 Å². The molecule has 0 aromatic heterocycles. The Hall–Kier alpha value is -0.210. The number of piperidine rings is 1. The molecule has 3 unspecified atom stereocenters. The van der Waals surface area contributed by atoms with Crippen molar-refractivity contribution in [2.45, 2.75) is 38.6 Å². The molecule has 18 heavy (non-hydrogen) atoms. The first kappa shape index (κ1) is 14.2. The molecule has 2 rings (SSSR count). The van der Waals surface area contributed by atoms with E-state index in [1.807, 2.05) is 6.07 Å². The van der Waals surface area contributed by atoms with E-state index in [2.05, 4.69) is 53.7 Å². The van der Waals surface area contributed by atoms with Gasteiger partial charge < -0.3 is 4.90 Å². The predicted octanol–water partition coefficient (Wildman–Crippen LogP) is 5.11. The van der Waals surface area contributed by atoms with Crippen LogP contribution in [-0.2, 0) is 5.33 Å². The van der Waals surface area contributed by atoms with Crippen molar-refractivity contribution in [2.24, 2.45) is 11.8 Å². The van der Waals surface area contributed by atoms with Gasteiger partial charge in [0.05, 0.1) is 0 Å². The zero-order valence-electron chi connectivity index (χ0n) is 11.3. The summed E-state index contributed by atoms with van der Waals surface area (Å²) in [7, 11) is 0. The zero-order valence-corrected chi connectivity index (χ0v) is 13.6. The number of rotatable bonds is 2. The standard InChI is InChI=1S/C15H21BrClN/c1-10-6-11(2)12(3)18(9-10)15-5-4-14(17)7-13(15)8-16/h4-5,7,10-12H,6,8-9H2,1-3H3. The minimum atomic E-state index is 0.597. The highest BCUT2D eigenvalue weighted by molar-refractivity contribution is 9.08. The average Bonchev–Trinajstić information content (AvgIpc) is 2.34. The van der Waals surface area contributed by atoms with Crippen molar-refractivity contribution in [3.05, 3.63) is 28.8 Å². The number of hydrogen-bond acceptors (Lipinski definition) is 1. The van der Waals surface area contributed by atoms with E-state index in [1.54, 1.807) is 0 Å². The third kappa shape index (κ3) is 2.85. The van der Waals surface area contributed by atoms with E-state index in [4.69, 9.17) is 11.6 Å². The molecule has 1 aromatic carbocycles. The van der Waals surface area contributed by atoms with Crippen molar-refractivity contribution in [3.8, 4) is 0 Å². The van der Waals surface area contributed by atoms with Crippen LogP contribution in [0.1, 0.15) is 32.8 Å². The van der Waals surface area contributed by atoms with Gasteiger partial charge in [0.15, 0.2) is 0 Å². The second kappa shape index (κ2) is 5.83. The maximum atomic E-state index is 6.09. The van der Waals surface area contributed by atoms with E-state index in [0.717, 1.165) is 28.7 Å². The number of anilines is 1. The minimum Gasteiger partial charge on any atom is -0.368 e. The fourth-order valence-corrected chi connectivity index (χ4v) is 3.62. The summed E-state index contributed by atoms with van der Waals surface area (Å²) in [6.07, 6.45) is 1.33. The molecule has 3 atom stereocenters. The molecule has 1 saturated heterocycles. The van der Waals surface area contributed by atoms with Gasteiger partial charge in [-0.1, -0.05) is 41.4 Å². The van der Waals surface area contributed by atoms with Gasteiger partial charge in [0.25, 0.3) is 0 Å². The Morgan fingerprint density at radius 1 is 1.33 bits per heavy atom. The fraction of sp³-hybridized carbons (Fsp3) is 0.600. The summed E-state index contributed by atoms with van der Waals surface area (Å²) in [6, 6.07) is 6.84. The minimum absolute atomic E-state index is 0.597. The highest BCUT2D eigenvalue weighted by Crippen LogP contribution is 2.34. The average molecular weight is 331 g/mol. The Bertz CT molecular complexity index is 421. The number of alkyl halides is 1. The molecule has 0 spiro atoms. The third-order valence-corrected chi connectivity index (χ3v) is 4.93. The lowest BCUT2D eigenvalue weighted by molar-refractivity contribution is 0.297. The van der Waals surface area contributed by atoms with Gasteiger partial charge in [-0.25, -0.2) is 0 Å². The van der Waals surface area contributed by atoms with E-state index < -0.39 is 0 Å². The van der Waals surface area contributed by atoms with Crippen LogP contribution < -0.4 is 4.90 Å². The van der Waals surface area contributed by atoms with Crippen LogP contribution in [0, 0.1) is 11.8 Å². The molecule has 1 fully saturated rings. The van der Waals surface area contributed by atoms with Gasteiger partial charge in [-0.2, -0.15) is 0 Å². The van der Waals surface area contributed by atoms with E-state index in [1.165, 1.54) is 17.7 Å². The third-order valence-electron chi connectivity index (χ3n) is 4.09. The molecule has 3 heteroatoms. The SMILES string of the molecule is CC1CC(C)C(C)N(c2ccc(Cl)cc2CBr)C1. The highest BCUT2D eigenvalue weighted by atomic mass is 79.9. The number of nitrogens with zero attached hydrogens (tertiary/aromatic N) is 1. The van der Waals surface area contributed by atoms with E-state index in [0.29, 0.717) is 6.04 Å². The van der Waals surface area contributed by atoms with Crippen molar-refractivity contribution in [2.75, 3.05) is 11.4 Å². The smallest absolute Gasteiger partial charge is 0.0410 e. The molecule has 0 amide bonds. The highest BCUT2D eigenvalue weighted by Gasteiger charge is 2.29. The second-order valence-electron chi connectivity index (χ2n) is 5.62. The summed E-state index contributed by atoms with van der Waals surface area (Å²) in [5.74, 6) is 1.50. The molecular formula is C15H21BrClN. The van der Waals surface area contributed by atoms with Crippen LogP contribution in [0.5, 0.6) is 0 Å². The summed E-state index contributed by atoms with van der Waals surface area (Å²) >= 11 is 9.66. The van der Waals surface area contributed by atoms with Crippen molar-refractivity contribution in [3.63, 3.8) is 0 Å². The maximum absolute atomic E-state index is 6.09. The summed E-state index contributed by atoms with van der Waals surface area (Å²) in [6.45, 7) is 8.19. The first-order valence-electron chi connectivity index (χ1n) is 6.64. The van der Waals surface area contributed by atoms with Crippen LogP contribution in [0.3, 0.4) is 0 Å². The van der Waals surface area contributed by atoms with Crippen molar-refractivity contribution < 1.29 is 0 Å². The summed E-state index contributed by atoms with van der Waals surface area (Å²) in [4.78, 5) is 2.55. The Morgan fingerprint density at radius 3 is 2.72 bits per heavy atom. The van der Waals surface area contributed by atoms with Crippen molar-refractivity contribution in [1.82, 2.24) is 0 Å². The van der Waals surface area contributed by atoms with Crippen molar-refractivity contribution in [1.29, 1.82) is 0 Å². The Labute approximate surface area is 124 Å². The molecule has 1 aliphatic heterocycles. The summed E-state index contributed by atoms with van der Waals surface area (Å²) in [5, 5.41) is 1.67. The van der Waals surface area contributed by atoms with Crippen molar-refractivity contribution >= 4 is 33.2 Å². The molecule has 0 N–H and O–H groups in total. The predicted molar refractivity (Wildman–Crippen MR) is 83.8 cm³/mol. The van der Waals surface area contributed by atoms with Crippen LogP contribution in [0.2, 0.25) is 5.02 Å². The summed E-state index contributed by atoms with van der Waals surface area (Å²) in [5.41, 5.74) is 2.62.